The van der Waals surface area contributed by atoms with Gasteiger partial charge in [0.2, 0.25) is 5.91 Å². The minimum atomic E-state index is -1.33. The molecule has 23 aromatic rings. The maximum atomic E-state index is 15.1. The number of aryl methyl sites for hydroxylation is 1. The zero-order valence-electron chi connectivity index (χ0n) is 70.5. The van der Waals surface area contributed by atoms with E-state index >= 15 is 13.2 Å². The number of pyridine rings is 5. The fourth-order valence-electron chi connectivity index (χ4n) is 18.4. The molecule has 0 unspecified atom stereocenters. The van der Waals surface area contributed by atoms with E-state index in [1.807, 2.05) is 0 Å². The highest BCUT2D eigenvalue weighted by Gasteiger charge is 2.35. The van der Waals surface area contributed by atoms with Crippen LogP contribution in [-0.2, 0) is 44.4 Å². The summed E-state index contributed by atoms with van der Waals surface area (Å²) in [5.41, 5.74) is 11.5. The Kier molecular flexibility index (Phi) is 20.4. The van der Waals surface area contributed by atoms with E-state index in [-0.39, 0.29) is 156 Å². The Morgan fingerprint density at radius 1 is 0.431 bits per heavy atom. The molecule has 1 aliphatic heterocycles. The molecular formula is C98H63F4N17O18. The third-order valence-corrected chi connectivity index (χ3v) is 24.4. The number of furan rings is 4. The normalized spacial score (nSPS) is 12.0. The molecule has 7 aromatic carbocycles. The maximum absolute atomic E-state index is 15.1. The molecule has 0 spiro atoms. The highest BCUT2D eigenvalue weighted by Crippen LogP contribution is 2.46. The van der Waals surface area contributed by atoms with Crippen molar-refractivity contribution in [3.63, 3.8) is 0 Å². The summed E-state index contributed by atoms with van der Waals surface area (Å²) in [6.07, 6.45) is 16.0. The number of aromatic nitrogens is 15. The SMILES string of the molecule is Cn1c(=O)cc(Cn2c(C(=O)O)c(-c3ccc[nH]c3=O)c3c4occc4c(F)cc32)c2[nH]cnc21.Nc1ncnc2cc(F)c(Cn3c(C(=O)O)c(-c4ccc[nH]c4=O)c4c5occc5ccc43)cc12.O=C(O)c1c(-c2ccc[nH]c2=O)c2c3occc3ccc2n1Cc1cc2cn[nH]c2cc1F.O=C1Cc2cc(Cn3c(C(=O)O)c(-c4ccc[nH]c4=O)c4c5occc5ccc43)c(F)cc2N1. The maximum Gasteiger partial charge on any atom is 0.353 e. The zero-order valence-corrected chi connectivity index (χ0v) is 70.5. The van der Waals surface area contributed by atoms with Crippen LogP contribution in [-0.4, -0.2) is 123 Å². The summed E-state index contributed by atoms with van der Waals surface area (Å²) in [5.74, 6) is -7.42. The number of rotatable bonds is 16. The molecule has 17 heterocycles. The molecule has 0 saturated carbocycles. The Labute approximate surface area is 757 Å². The number of H-pyrrole nitrogens is 6. The fraction of sp³-hybridized carbons (Fsp3) is 0.0612. The second-order valence-electron chi connectivity index (χ2n) is 32.0. The van der Waals surface area contributed by atoms with Gasteiger partial charge in [0, 0.05) is 121 Å². The smallest absolute Gasteiger partial charge is 0.353 e. The summed E-state index contributed by atoms with van der Waals surface area (Å²) in [7, 11) is 1.58. The van der Waals surface area contributed by atoms with E-state index < -0.39 is 69.4 Å². The number of nitrogens with one attached hydrogen (secondary N) is 7. The van der Waals surface area contributed by atoms with E-state index in [1.54, 1.807) is 122 Å². The van der Waals surface area contributed by atoms with Crippen molar-refractivity contribution >= 4 is 162 Å². The molecule has 24 rings (SSSR count). The van der Waals surface area contributed by atoms with Gasteiger partial charge < -0.3 is 92.3 Å². The predicted octanol–water partition coefficient (Wildman–Crippen LogP) is 16.0. The quantitative estimate of drug-likeness (QED) is 0.0400. The average Bonchev–Trinajstić information content (AvgIpc) is 1.56. The van der Waals surface area contributed by atoms with Gasteiger partial charge in [0.05, 0.1) is 158 Å². The second-order valence-corrected chi connectivity index (χ2v) is 32.0. The fourth-order valence-corrected chi connectivity index (χ4v) is 18.4. The van der Waals surface area contributed by atoms with Gasteiger partial charge in [0.15, 0.2) is 5.65 Å². The minimum Gasteiger partial charge on any atom is -0.477 e. The third kappa shape index (κ3) is 14.1. The van der Waals surface area contributed by atoms with Crippen LogP contribution >= 0.6 is 0 Å². The van der Waals surface area contributed by atoms with Gasteiger partial charge in [-0.3, -0.25) is 38.4 Å². The number of amides is 1. The number of anilines is 2. The van der Waals surface area contributed by atoms with Gasteiger partial charge in [0.25, 0.3) is 27.8 Å². The van der Waals surface area contributed by atoms with Gasteiger partial charge in [-0.15, -0.1) is 0 Å². The van der Waals surface area contributed by atoms with Crippen LogP contribution in [0.25, 0.3) is 165 Å². The number of nitrogen functional groups attached to an aromatic ring is 1. The lowest BCUT2D eigenvalue weighted by Gasteiger charge is -2.12. The highest BCUT2D eigenvalue weighted by molar-refractivity contribution is 6.21. The van der Waals surface area contributed by atoms with Crippen LogP contribution in [0.4, 0.5) is 29.1 Å². The van der Waals surface area contributed by atoms with Crippen molar-refractivity contribution in [3.8, 4) is 44.5 Å². The molecule has 16 aromatic heterocycles. The average molecular weight is 1840 g/mol. The summed E-state index contributed by atoms with van der Waals surface area (Å²) in [4.78, 5) is 151. The number of benzene rings is 7. The van der Waals surface area contributed by atoms with Crippen LogP contribution in [0, 0.1) is 23.3 Å². The van der Waals surface area contributed by atoms with E-state index in [0.29, 0.717) is 99.2 Å². The molecular weight excluding hydrogens is 1780 g/mol. The zero-order chi connectivity index (χ0) is 94.9. The van der Waals surface area contributed by atoms with Gasteiger partial charge >= 0.3 is 23.9 Å². The number of carbonyl (C=O) groups excluding carboxylic acids is 1. The summed E-state index contributed by atoms with van der Waals surface area (Å²) in [6, 6.07) is 41.0. The number of carbonyl (C=O) groups is 5. The summed E-state index contributed by atoms with van der Waals surface area (Å²) in [6.45, 7) is -0.446. The van der Waals surface area contributed by atoms with E-state index in [2.05, 4.69) is 55.4 Å². The van der Waals surface area contributed by atoms with E-state index in [1.165, 1.54) is 134 Å². The molecule has 137 heavy (non-hydrogen) atoms. The van der Waals surface area contributed by atoms with Crippen molar-refractivity contribution < 1.29 is 79.6 Å². The number of hydrogen-bond acceptors (Lipinski definition) is 19. The Hall–Kier alpha value is -19.2. The molecule has 35 nitrogen and oxygen atoms in total. The first-order valence-corrected chi connectivity index (χ1v) is 41.6. The van der Waals surface area contributed by atoms with Gasteiger partial charge in [-0.1, -0.05) is 0 Å². The Balaban J connectivity index is 0.000000109. The largest absolute Gasteiger partial charge is 0.477 e. The van der Waals surface area contributed by atoms with Gasteiger partial charge in [-0.05, 0) is 151 Å². The van der Waals surface area contributed by atoms with Crippen LogP contribution in [0.1, 0.15) is 69.8 Å². The number of fused-ring (bicyclic) bond motifs is 16. The summed E-state index contributed by atoms with van der Waals surface area (Å²) < 4.78 is 90.0. The molecule has 0 bridgehead atoms. The number of halogens is 4. The molecule has 676 valence electrons. The number of aromatic amines is 6. The number of carboxylic acid groups (broad SMARTS) is 4. The van der Waals surface area contributed by atoms with Crippen molar-refractivity contribution in [1.82, 2.24) is 72.9 Å². The molecule has 1 amide bonds. The lowest BCUT2D eigenvalue weighted by Crippen LogP contribution is -2.19. The van der Waals surface area contributed by atoms with Crippen LogP contribution in [0.2, 0.25) is 0 Å². The van der Waals surface area contributed by atoms with Crippen LogP contribution < -0.4 is 38.8 Å². The number of imidazole rings is 1. The van der Waals surface area contributed by atoms with Crippen molar-refractivity contribution in [3.05, 3.63) is 352 Å². The monoisotopic (exact) mass is 1840 g/mol. The Bertz CT molecular complexity index is 9450. The Morgan fingerprint density at radius 2 is 0.861 bits per heavy atom. The van der Waals surface area contributed by atoms with Crippen molar-refractivity contribution in [1.29, 1.82) is 0 Å². The minimum absolute atomic E-state index is 0.0674. The number of carboxylic acids is 4. The third-order valence-electron chi connectivity index (χ3n) is 24.4. The van der Waals surface area contributed by atoms with Crippen LogP contribution in [0.15, 0.2) is 268 Å². The molecule has 1 aliphatic rings. The number of nitrogens with two attached hydrogens (primary N) is 1. The number of hydrogen-bond donors (Lipinski definition) is 12. The topological polar surface area (TPSA) is 513 Å². The van der Waals surface area contributed by atoms with E-state index in [9.17, 15) is 72.8 Å². The van der Waals surface area contributed by atoms with Crippen LogP contribution in [0.3, 0.4) is 0 Å². The highest BCUT2D eigenvalue weighted by atomic mass is 19.1. The Morgan fingerprint density at radius 3 is 1.34 bits per heavy atom. The second kappa shape index (κ2) is 33.0. The van der Waals surface area contributed by atoms with Gasteiger partial charge in [0.1, 0.15) is 80.5 Å². The predicted molar refractivity (Wildman–Crippen MR) is 495 cm³/mol. The first kappa shape index (κ1) is 84.6. The molecule has 0 fully saturated rings. The van der Waals surface area contributed by atoms with Gasteiger partial charge in [-0.25, -0.2) is 51.7 Å². The molecule has 13 N–H and O–H groups in total. The van der Waals surface area contributed by atoms with Crippen LogP contribution in [0.5, 0.6) is 0 Å². The van der Waals surface area contributed by atoms with Crippen molar-refractivity contribution in [2.75, 3.05) is 11.1 Å². The van der Waals surface area contributed by atoms with Crippen molar-refractivity contribution in [2.24, 2.45) is 7.05 Å². The molecule has 0 atom stereocenters. The van der Waals surface area contributed by atoms with E-state index in [4.69, 9.17) is 23.4 Å². The standard InChI is InChI=1S/C25H16FN5O4.C25H16FN3O5.C24H16FN5O5.C24H15FN4O4/c26-16-9-17-15(23(27)30-11-29-17)8-13(16)10-31-18-4-3-12-5-7-35-22(12)20(18)19(21(31)25(33)34)14-2-1-6-28-24(14)32;26-16-10-17-13(9-19(30)28-17)8-14(16)11-29-18-4-3-12-5-7-34-23(12)21(18)20(22(29)25(32)33)15-2-1-6-27-24(15)31;1-29-16(31)7-11(19-22(29)28-10-27-19)9-30-15-8-14(25)12-4-6-35-21(12)18(15)17(20(30)24(33)34)13-3-2-5-26-23(13)32;25-16-9-17-13(10-27-28-17)8-14(16)11-29-18-4-3-12-5-7-33-22(12)20(18)19(21(29)24(31)32)15-2-1-6-26-23(15)30/h1-9,11H,10H2,(H,28,32)(H,33,34)(H2,27,29,30);1-8,10H,9,11H2,(H,27,31)(H,28,30)(H,32,33);2-8,10H,9H2,1H3,(H,26,32)(H,27,28)(H,33,34);1-10H,11H2,(H,26,30)(H,27,28)(H,31,32). The number of aromatic carboxylic acids is 4. The van der Waals surface area contributed by atoms with E-state index in [0.717, 1.165) is 16.2 Å². The first-order chi connectivity index (χ1) is 66.2. The molecule has 0 aliphatic carbocycles. The molecule has 0 radical (unpaired) electrons. The van der Waals surface area contributed by atoms with Crippen molar-refractivity contribution in [2.45, 2.75) is 32.6 Å². The molecule has 0 saturated heterocycles. The lowest BCUT2D eigenvalue weighted by atomic mass is 10.0. The van der Waals surface area contributed by atoms with Gasteiger partial charge in [-0.2, -0.15) is 5.10 Å². The molecule has 39 heteroatoms. The summed E-state index contributed by atoms with van der Waals surface area (Å²) in [5, 5.41) is 55.5. The summed E-state index contributed by atoms with van der Waals surface area (Å²) >= 11 is 0. The lowest BCUT2D eigenvalue weighted by molar-refractivity contribution is -0.115. The first-order valence-electron chi connectivity index (χ1n) is 41.6. The number of nitrogens with zero attached hydrogens (tertiary/aromatic N) is 9.